The van der Waals surface area contributed by atoms with Gasteiger partial charge in [-0.05, 0) is 29.0 Å². The highest BCUT2D eigenvalue weighted by Gasteiger charge is 2.12. The Hall–Kier alpha value is -1.13. The minimum Gasteiger partial charge on any atom is -0.465 e. The van der Waals surface area contributed by atoms with Gasteiger partial charge in [0.05, 0.1) is 12.7 Å². The van der Waals surface area contributed by atoms with Crippen molar-refractivity contribution in [3.63, 3.8) is 0 Å². The van der Waals surface area contributed by atoms with Gasteiger partial charge in [0.2, 0.25) is 0 Å². The number of benzene rings is 1. The van der Waals surface area contributed by atoms with Crippen LogP contribution < -0.4 is 0 Å². The van der Waals surface area contributed by atoms with E-state index in [2.05, 4.69) is 23.4 Å². The number of hydrogen-bond donors (Lipinski definition) is 2. The van der Waals surface area contributed by atoms with E-state index in [0.29, 0.717) is 5.56 Å². The molecule has 0 fully saturated rings. The molecule has 1 aromatic carbocycles. The molecule has 1 heterocycles. The van der Waals surface area contributed by atoms with Crippen molar-refractivity contribution in [2.45, 2.75) is 9.79 Å². The Balaban J connectivity index is 2.40. The average molecular weight is 252 g/mol. The van der Waals surface area contributed by atoms with E-state index in [-0.39, 0.29) is 5.97 Å². The minimum absolute atomic E-state index is 0.309. The SMILES string of the molecule is COC(=O)c1ccc(S)c([SH]2C=CC=C2)c1. The molecular weight excluding hydrogens is 240 g/mol. The van der Waals surface area contributed by atoms with Gasteiger partial charge >= 0.3 is 5.97 Å². The number of carbonyl (C=O) groups is 1. The molecule has 0 saturated heterocycles. The predicted molar refractivity (Wildman–Crippen MR) is 70.6 cm³/mol. The molecule has 1 aliphatic heterocycles. The van der Waals surface area contributed by atoms with Gasteiger partial charge in [-0.15, -0.1) is 12.6 Å². The Labute approximate surface area is 103 Å². The quantitative estimate of drug-likeness (QED) is 0.624. The lowest BCUT2D eigenvalue weighted by molar-refractivity contribution is 0.0600. The molecule has 0 aromatic heterocycles. The summed E-state index contributed by atoms with van der Waals surface area (Å²) in [6.45, 7) is 0. The number of carbonyl (C=O) groups excluding carboxylic acids is 1. The second-order valence-corrected chi connectivity index (χ2v) is 5.66. The van der Waals surface area contributed by atoms with Crippen LogP contribution in [0.4, 0.5) is 0 Å². The number of hydrogen-bond acceptors (Lipinski definition) is 3. The third-order valence-corrected chi connectivity index (χ3v) is 4.76. The van der Waals surface area contributed by atoms with Gasteiger partial charge in [0.25, 0.3) is 0 Å². The van der Waals surface area contributed by atoms with Crippen LogP contribution in [-0.2, 0) is 4.74 Å². The van der Waals surface area contributed by atoms with Crippen LogP contribution in [-0.4, -0.2) is 13.1 Å². The zero-order valence-electron chi connectivity index (χ0n) is 8.75. The van der Waals surface area contributed by atoms with Crippen molar-refractivity contribution in [2.75, 3.05) is 7.11 Å². The molecule has 2 nitrogen and oxygen atoms in total. The van der Waals surface area contributed by atoms with E-state index in [1.165, 1.54) is 7.11 Å². The topological polar surface area (TPSA) is 26.3 Å². The van der Waals surface area contributed by atoms with Crippen LogP contribution in [0.3, 0.4) is 0 Å². The van der Waals surface area contributed by atoms with Crippen molar-refractivity contribution in [3.05, 3.63) is 46.7 Å². The fourth-order valence-electron chi connectivity index (χ4n) is 1.47. The molecule has 0 unspecified atom stereocenters. The van der Waals surface area contributed by atoms with E-state index in [9.17, 15) is 4.79 Å². The zero-order valence-corrected chi connectivity index (χ0v) is 10.5. The van der Waals surface area contributed by atoms with Crippen LogP contribution in [0.5, 0.6) is 0 Å². The fraction of sp³-hybridized carbons (Fsp3) is 0.0833. The first kappa shape index (κ1) is 11.4. The summed E-state index contributed by atoms with van der Waals surface area (Å²) in [7, 11) is 0.934. The van der Waals surface area contributed by atoms with Crippen LogP contribution in [0.1, 0.15) is 10.4 Å². The normalized spacial score (nSPS) is 15.5. The Kier molecular flexibility index (Phi) is 3.41. The highest BCUT2D eigenvalue weighted by Crippen LogP contribution is 2.45. The second kappa shape index (κ2) is 4.80. The molecule has 2 rings (SSSR count). The monoisotopic (exact) mass is 252 g/mol. The zero-order chi connectivity index (χ0) is 11.5. The highest BCUT2D eigenvalue weighted by molar-refractivity contribution is 8.22. The van der Waals surface area contributed by atoms with E-state index in [0.717, 1.165) is 9.79 Å². The molecule has 4 heteroatoms. The van der Waals surface area contributed by atoms with Crippen LogP contribution in [0.25, 0.3) is 0 Å². The molecule has 1 aromatic rings. The van der Waals surface area contributed by atoms with Crippen LogP contribution in [0, 0.1) is 0 Å². The Bertz CT molecular complexity index is 466. The number of thiol groups is 2. The van der Waals surface area contributed by atoms with Crippen LogP contribution in [0.2, 0.25) is 0 Å². The molecule has 0 radical (unpaired) electrons. The first-order valence-electron chi connectivity index (χ1n) is 4.77. The van der Waals surface area contributed by atoms with Gasteiger partial charge < -0.3 is 4.74 Å². The minimum atomic E-state index is -0.452. The van der Waals surface area contributed by atoms with Crippen molar-refractivity contribution in [3.8, 4) is 0 Å². The van der Waals surface area contributed by atoms with Gasteiger partial charge in [-0.3, -0.25) is 0 Å². The highest BCUT2D eigenvalue weighted by atomic mass is 32.2. The third-order valence-electron chi connectivity index (χ3n) is 2.28. The molecular formula is C12H12O2S2. The molecule has 0 N–H and O–H groups in total. The van der Waals surface area contributed by atoms with Crippen molar-refractivity contribution in [1.29, 1.82) is 0 Å². The molecule has 1 aliphatic rings. The van der Waals surface area contributed by atoms with Crippen LogP contribution >= 0.6 is 23.5 Å². The lowest BCUT2D eigenvalue weighted by Gasteiger charge is -2.14. The number of allylic oxidation sites excluding steroid dienone is 2. The van der Waals surface area contributed by atoms with Crippen molar-refractivity contribution >= 4 is 29.5 Å². The number of esters is 1. The second-order valence-electron chi connectivity index (χ2n) is 3.29. The summed E-state index contributed by atoms with van der Waals surface area (Å²) in [6.07, 6.45) is 4.04. The predicted octanol–water partition coefficient (Wildman–Crippen LogP) is 3.16. The first-order chi connectivity index (χ1) is 7.72. The van der Waals surface area contributed by atoms with E-state index < -0.39 is 10.9 Å². The smallest absolute Gasteiger partial charge is 0.337 e. The van der Waals surface area contributed by atoms with Gasteiger partial charge in [0.15, 0.2) is 0 Å². The molecule has 0 saturated carbocycles. The molecule has 0 spiro atoms. The Morgan fingerprint density at radius 1 is 1.31 bits per heavy atom. The van der Waals surface area contributed by atoms with Gasteiger partial charge in [-0.25, -0.2) is 4.79 Å². The van der Waals surface area contributed by atoms with Crippen molar-refractivity contribution < 1.29 is 9.53 Å². The van der Waals surface area contributed by atoms with Gasteiger partial charge in [0.1, 0.15) is 0 Å². The average Bonchev–Trinajstić information content (AvgIpc) is 2.82. The third kappa shape index (κ3) is 2.18. The summed E-state index contributed by atoms with van der Waals surface area (Å²) in [5.74, 6) is -0.309. The van der Waals surface area contributed by atoms with E-state index in [1.54, 1.807) is 6.07 Å². The van der Waals surface area contributed by atoms with Gasteiger partial charge in [-0.2, -0.15) is 10.9 Å². The molecule has 0 atom stereocenters. The summed E-state index contributed by atoms with van der Waals surface area (Å²) in [4.78, 5) is 13.4. The maximum absolute atomic E-state index is 11.4. The Morgan fingerprint density at radius 2 is 2.00 bits per heavy atom. The maximum atomic E-state index is 11.4. The molecule has 0 amide bonds. The summed E-state index contributed by atoms with van der Waals surface area (Å²) in [6, 6.07) is 5.43. The lowest BCUT2D eigenvalue weighted by Crippen LogP contribution is -2.01. The Morgan fingerprint density at radius 3 is 2.62 bits per heavy atom. The standard InChI is InChI=1S/C12H12O2S2/c1-14-12(13)9-4-5-10(15)11(8-9)16-6-2-3-7-16/h2-8,15-16H,1H3. The number of methoxy groups -OCH3 is 1. The van der Waals surface area contributed by atoms with Crippen molar-refractivity contribution in [1.82, 2.24) is 0 Å². The summed E-state index contributed by atoms with van der Waals surface area (Å²) in [5, 5.41) is 4.26. The van der Waals surface area contributed by atoms with Gasteiger partial charge in [0, 0.05) is 9.79 Å². The van der Waals surface area contributed by atoms with Crippen molar-refractivity contribution in [2.24, 2.45) is 0 Å². The van der Waals surface area contributed by atoms with E-state index in [1.807, 2.05) is 24.3 Å². The van der Waals surface area contributed by atoms with E-state index >= 15 is 0 Å². The largest absolute Gasteiger partial charge is 0.465 e. The summed E-state index contributed by atoms with van der Waals surface area (Å²) in [5.41, 5.74) is 0.575. The number of rotatable bonds is 2. The van der Waals surface area contributed by atoms with E-state index in [4.69, 9.17) is 4.74 Å². The molecule has 0 aliphatic carbocycles. The summed E-state index contributed by atoms with van der Waals surface area (Å²) >= 11 is 4.41. The van der Waals surface area contributed by atoms with Gasteiger partial charge in [-0.1, -0.05) is 12.2 Å². The van der Waals surface area contributed by atoms with Crippen LogP contribution in [0.15, 0.2) is 51.0 Å². The molecule has 16 heavy (non-hydrogen) atoms. The lowest BCUT2D eigenvalue weighted by atomic mass is 10.2. The molecule has 84 valence electrons. The first-order valence-corrected chi connectivity index (χ1v) is 6.70. The number of ether oxygens (including phenoxy) is 1. The molecule has 0 bridgehead atoms. The maximum Gasteiger partial charge on any atom is 0.337 e. The fourth-order valence-corrected chi connectivity index (χ4v) is 3.57. The summed E-state index contributed by atoms with van der Waals surface area (Å²) < 4.78 is 4.70.